The third-order valence-electron chi connectivity index (χ3n) is 5.05. The zero-order chi connectivity index (χ0) is 24.1. The highest BCUT2D eigenvalue weighted by Crippen LogP contribution is 2.33. The number of nitrogens with one attached hydrogen (secondary N) is 1. The van der Waals surface area contributed by atoms with Gasteiger partial charge >= 0.3 is 5.97 Å². The number of amides is 1. The molecule has 9 heteroatoms. The summed E-state index contributed by atoms with van der Waals surface area (Å²) in [5, 5.41) is 6.64. The Morgan fingerprint density at radius 1 is 0.882 bits per heavy atom. The highest BCUT2D eigenvalue weighted by atomic mass is 32.1. The van der Waals surface area contributed by atoms with E-state index < -0.39 is 18.5 Å². The number of methoxy groups -OCH3 is 3. The van der Waals surface area contributed by atoms with Gasteiger partial charge in [0.15, 0.2) is 23.2 Å². The Bertz CT molecular complexity index is 1350. The largest absolute Gasteiger partial charge is 0.496 e. The van der Waals surface area contributed by atoms with E-state index in [4.69, 9.17) is 18.9 Å². The Balaban J connectivity index is 1.40. The van der Waals surface area contributed by atoms with Crippen molar-refractivity contribution >= 4 is 39.1 Å². The van der Waals surface area contributed by atoms with E-state index in [-0.39, 0.29) is 5.56 Å². The number of anilines is 1. The van der Waals surface area contributed by atoms with Crippen molar-refractivity contribution in [1.29, 1.82) is 0 Å². The first-order chi connectivity index (χ1) is 16.5. The number of nitrogens with zero attached hydrogens (tertiary/aromatic N) is 1. The monoisotopic (exact) mass is 478 g/mol. The molecule has 0 aliphatic heterocycles. The molecule has 3 aromatic carbocycles. The summed E-state index contributed by atoms with van der Waals surface area (Å²) in [6, 6.07) is 16.5. The van der Waals surface area contributed by atoms with Crippen LogP contribution in [-0.4, -0.2) is 44.8 Å². The number of thiazole rings is 1. The van der Waals surface area contributed by atoms with E-state index in [1.807, 2.05) is 35.7 Å². The SMILES string of the molecule is COc1ccc(-c2csc(NC(=O)COC(=O)c3cc4ccccc4cc3OC)n2)cc1OC. The summed E-state index contributed by atoms with van der Waals surface area (Å²) in [5.74, 6) is 0.419. The highest BCUT2D eigenvalue weighted by molar-refractivity contribution is 7.14. The molecular weight excluding hydrogens is 456 g/mol. The molecule has 1 heterocycles. The number of aromatic nitrogens is 1. The molecule has 0 spiro atoms. The van der Waals surface area contributed by atoms with Crippen LogP contribution in [0.4, 0.5) is 5.13 Å². The number of carbonyl (C=O) groups is 2. The van der Waals surface area contributed by atoms with Gasteiger partial charge in [-0.1, -0.05) is 24.3 Å². The van der Waals surface area contributed by atoms with Gasteiger partial charge in [0, 0.05) is 10.9 Å². The molecule has 0 fully saturated rings. The van der Waals surface area contributed by atoms with Crippen molar-refractivity contribution in [1.82, 2.24) is 4.98 Å². The number of hydrogen-bond donors (Lipinski definition) is 1. The Hall–Kier alpha value is -4.11. The molecule has 1 aromatic heterocycles. The smallest absolute Gasteiger partial charge is 0.342 e. The molecule has 1 N–H and O–H groups in total. The first-order valence-electron chi connectivity index (χ1n) is 10.2. The molecule has 34 heavy (non-hydrogen) atoms. The van der Waals surface area contributed by atoms with Crippen molar-refractivity contribution in [3.63, 3.8) is 0 Å². The van der Waals surface area contributed by atoms with Crippen LogP contribution >= 0.6 is 11.3 Å². The fourth-order valence-corrected chi connectivity index (χ4v) is 4.11. The van der Waals surface area contributed by atoms with Crippen LogP contribution in [0.3, 0.4) is 0 Å². The lowest BCUT2D eigenvalue weighted by atomic mass is 10.1. The van der Waals surface area contributed by atoms with E-state index in [9.17, 15) is 9.59 Å². The second-order valence-corrected chi connectivity index (χ2v) is 7.99. The average molecular weight is 479 g/mol. The maximum atomic E-state index is 12.6. The normalized spacial score (nSPS) is 10.6. The molecule has 1 amide bonds. The third-order valence-corrected chi connectivity index (χ3v) is 5.81. The molecule has 0 aliphatic rings. The Morgan fingerprint density at radius 3 is 2.29 bits per heavy atom. The first-order valence-corrected chi connectivity index (χ1v) is 11.1. The van der Waals surface area contributed by atoms with Crippen molar-refractivity contribution in [3.05, 3.63) is 65.5 Å². The second kappa shape index (κ2) is 10.2. The third kappa shape index (κ3) is 4.94. The topological polar surface area (TPSA) is 96.0 Å². The van der Waals surface area contributed by atoms with Gasteiger partial charge in [0.05, 0.1) is 27.0 Å². The Labute approximate surface area is 200 Å². The summed E-state index contributed by atoms with van der Waals surface area (Å²) in [6.45, 7) is -0.458. The van der Waals surface area contributed by atoms with Crippen LogP contribution in [0.2, 0.25) is 0 Å². The fraction of sp³-hybridized carbons (Fsp3) is 0.160. The lowest BCUT2D eigenvalue weighted by molar-refractivity contribution is -0.119. The number of hydrogen-bond acceptors (Lipinski definition) is 8. The number of rotatable bonds is 8. The summed E-state index contributed by atoms with van der Waals surface area (Å²) < 4.78 is 21.1. The molecule has 0 saturated carbocycles. The predicted octanol–water partition coefficient (Wildman–Crippen LogP) is 4.78. The average Bonchev–Trinajstić information content (AvgIpc) is 3.34. The molecule has 0 bridgehead atoms. The van der Waals surface area contributed by atoms with E-state index in [0.29, 0.717) is 28.1 Å². The molecule has 0 saturated heterocycles. The van der Waals surface area contributed by atoms with E-state index in [2.05, 4.69) is 10.3 Å². The van der Waals surface area contributed by atoms with Gasteiger partial charge in [0.1, 0.15) is 11.3 Å². The van der Waals surface area contributed by atoms with Gasteiger partial charge in [-0.25, -0.2) is 9.78 Å². The summed E-state index contributed by atoms with van der Waals surface area (Å²) in [4.78, 5) is 29.4. The quantitative estimate of drug-likeness (QED) is 0.364. The first kappa shape index (κ1) is 23.1. The predicted molar refractivity (Wildman–Crippen MR) is 130 cm³/mol. The van der Waals surface area contributed by atoms with Crippen LogP contribution in [-0.2, 0) is 9.53 Å². The maximum absolute atomic E-state index is 12.6. The highest BCUT2D eigenvalue weighted by Gasteiger charge is 2.17. The lowest BCUT2D eigenvalue weighted by Crippen LogP contribution is -2.21. The zero-order valence-corrected chi connectivity index (χ0v) is 19.6. The molecule has 0 radical (unpaired) electrons. The zero-order valence-electron chi connectivity index (χ0n) is 18.8. The van der Waals surface area contributed by atoms with Crippen LogP contribution in [0.15, 0.2) is 60.0 Å². The summed E-state index contributed by atoms with van der Waals surface area (Å²) >= 11 is 1.26. The van der Waals surface area contributed by atoms with E-state index in [1.165, 1.54) is 18.4 Å². The van der Waals surface area contributed by atoms with Gasteiger partial charge in [-0.15, -0.1) is 11.3 Å². The molecule has 4 rings (SSSR count). The number of benzene rings is 3. The Morgan fingerprint density at radius 2 is 1.59 bits per heavy atom. The Kier molecular flexibility index (Phi) is 6.93. The molecule has 0 unspecified atom stereocenters. The lowest BCUT2D eigenvalue weighted by Gasteiger charge is -2.10. The van der Waals surface area contributed by atoms with Gasteiger partial charge in [-0.3, -0.25) is 10.1 Å². The fourth-order valence-electron chi connectivity index (χ4n) is 3.37. The van der Waals surface area contributed by atoms with Gasteiger partial charge in [0.25, 0.3) is 5.91 Å². The van der Waals surface area contributed by atoms with Crippen molar-refractivity contribution in [2.24, 2.45) is 0 Å². The van der Waals surface area contributed by atoms with Gasteiger partial charge in [-0.05, 0) is 41.1 Å². The molecule has 4 aromatic rings. The van der Waals surface area contributed by atoms with Crippen LogP contribution in [0.5, 0.6) is 17.2 Å². The van der Waals surface area contributed by atoms with Gasteiger partial charge < -0.3 is 18.9 Å². The number of ether oxygens (including phenoxy) is 4. The van der Waals surface area contributed by atoms with Crippen LogP contribution in [0.1, 0.15) is 10.4 Å². The number of esters is 1. The molecule has 0 aliphatic carbocycles. The minimum absolute atomic E-state index is 0.249. The minimum atomic E-state index is -0.650. The second-order valence-electron chi connectivity index (χ2n) is 7.13. The van der Waals surface area contributed by atoms with Crippen molar-refractivity contribution in [2.75, 3.05) is 33.3 Å². The molecule has 0 atom stereocenters. The summed E-state index contributed by atoms with van der Waals surface area (Å²) in [5.41, 5.74) is 1.72. The molecular formula is C25H22N2O6S. The number of fused-ring (bicyclic) bond motifs is 1. The van der Waals surface area contributed by atoms with Crippen LogP contribution in [0.25, 0.3) is 22.0 Å². The summed E-state index contributed by atoms with van der Waals surface area (Å²) in [7, 11) is 4.60. The van der Waals surface area contributed by atoms with Crippen molar-refractivity contribution in [2.45, 2.75) is 0 Å². The van der Waals surface area contributed by atoms with E-state index in [0.717, 1.165) is 16.3 Å². The number of carbonyl (C=O) groups excluding carboxylic acids is 2. The summed E-state index contributed by atoms with van der Waals surface area (Å²) in [6.07, 6.45) is 0. The van der Waals surface area contributed by atoms with Crippen molar-refractivity contribution < 1.29 is 28.5 Å². The van der Waals surface area contributed by atoms with Crippen molar-refractivity contribution in [3.8, 4) is 28.5 Å². The molecule has 174 valence electrons. The molecule has 8 nitrogen and oxygen atoms in total. The minimum Gasteiger partial charge on any atom is -0.496 e. The van der Waals surface area contributed by atoms with Crippen LogP contribution in [0, 0.1) is 0 Å². The maximum Gasteiger partial charge on any atom is 0.342 e. The van der Waals surface area contributed by atoms with Gasteiger partial charge in [0.2, 0.25) is 0 Å². The van der Waals surface area contributed by atoms with E-state index >= 15 is 0 Å². The van der Waals surface area contributed by atoms with E-state index in [1.54, 1.807) is 38.5 Å². The van der Waals surface area contributed by atoms with Crippen LogP contribution < -0.4 is 19.5 Å². The van der Waals surface area contributed by atoms with Gasteiger partial charge in [-0.2, -0.15) is 0 Å². The standard InChI is InChI=1S/C25H22N2O6S/c1-30-20-9-8-17(12-22(20)32-3)19-14-34-25(26-19)27-23(28)13-33-24(29)18-10-15-6-4-5-7-16(15)11-21(18)31-2/h4-12,14H,13H2,1-3H3,(H,26,27,28).